The van der Waals surface area contributed by atoms with E-state index in [-0.39, 0.29) is 17.1 Å². The second kappa shape index (κ2) is 11.6. The van der Waals surface area contributed by atoms with Crippen molar-refractivity contribution in [1.82, 2.24) is 15.1 Å². The number of aryl methyl sites for hydroxylation is 1. The van der Waals surface area contributed by atoms with Gasteiger partial charge in [-0.15, -0.1) is 11.8 Å². The number of ether oxygens (including phenoxy) is 1. The first-order chi connectivity index (χ1) is 17.0. The molecule has 0 bridgehead atoms. The van der Waals surface area contributed by atoms with Gasteiger partial charge in [-0.25, -0.2) is 4.68 Å². The number of benzene rings is 2. The van der Waals surface area contributed by atoms with Crippen LogP contribution in [0.2, 0.25) is 0 Å². The summed E-state index contributed by atoms with van der Waals surface area (Å²) in [5.74, 6) is 0.910. The van der Waals surface area contributed by atoms with Crippen LogP contribution in [0.25, 0.3) is 16.8 Å². The summed E-state index contributed by atoms with van der Waals surface area (Å²) in [6.07, 6.45) is 4.92. The van der Waals surface area contributed by atoms with Gasteiger partial charge in [-0.3, -0.25) is 9.59 Å². The van der Waals surface area contributed by atoms with Crippen LogP contribution in [0.4, 0.5) is 0 Å². The SMILES string of the molecule is CCC(CC)c1ccc(-c2ccc(C(=O)NCCSC3CCOC3=O)cc2)cc1-n1ccc(C)n1. The summed E-state index contributed by atoms with van der Waals surface area (Å²) in [5.41, 5.74) is 6.17. The van der Waals surface area contributed by atoms with Gasteiger partial charge in [-0.1, -0.05) is 38.1 Å². The molecule has 6 nitrogen and oxygen atoms in total. The largest absolute Gasteiger partial charge is 0.465 e. The van der Waals surface area contributed by atoms with Crippen molar-refractivity contribution < 1.29 is 14.3 Å². The molecule has 7 heteroatoms. The average Bonchev–Trinajstić information content (AvgIpc) is 3.50. The maximum Gasteiger partial charge on any atom is 0.319 e. The lowest BCUT2D eigenvalue weighted by Gasteiger charge is -2.19. The van der Waals surface area contributed by atoms with Crippen molar-refractivity contribution in [1.29, 1.82) is 0 Å². The summed E-state index contributed by atoms with van der Waals surface area (Å²) in [7, 11) is 0. The van der Waals surface area contributed by atoms with Crippen LogP contribution in [-0.4, -0.2) is 45.8 Å². The molecule has 1 aromatic heterocycles. The zero-order valence-electron chi connectivity index (χ0n) is 20.6. The van der Waals surface area contributed by atoms with E-state index in [1.54, 1.807) is 0 Å². The zero-order chi connectivity index (χ0) is 24.8. The molecule has 0 spiro atoms. The summed E-state index contributed by atoms with van der Waals surface area (Å²) in [5, 5.41) is 7.51. The first-order valence-electron chi connectivity index (χ1n) is 12.3. The van der Waals surface area contributed by atoms with Crippen LogP contribution in [0.3, 0.4) is 0 Å². The second-order valence-electron chi connectivity index (χ2n) is 8.84. The molecule has 1 atom stereocenters. The van der Waals surface area contributed by atoms with Gasteiger partial charge in [-0.05, 0) is 66.6 Å². The van der Waals surface area contributed by atoms with Crippen LogP contribution in [-0.2, 0) is 9.53 Å². The van der Waals surface area contributed by atoms with Gasteiger partial charge >= 0.3 is 5.97 Å². The molecular weight excluding hydrogens is 458 g/mol. The number of esters is 1. The Morgan fingerprint density at radius 2 is 1.89 bits per heavy atom. The van der Waals surface area contributed by atoms with E-state index < -0.39 is 0 Å². The quantitative estimate of drug-likeness (QED) is 0.298. The van der Waals surface area contributed by atoms with Gasteiger partial charge in [-0.2, -0.15) is 5.10 Å². The highest BCUT2D eigenvalue weighted by molar-refractivity contribution is 8.00. The van der Waals surface area contributed by atoms with E-state index in [1.165, 1.54) is 17.3 Å². The van der Waals surface area contributed by atoms with E-state index in [0.29, 0.717) is 30.4 Å². The molecule has 1 aliphatic rings. The Balaban J connectivity index is 1.45. The number of nitrogens with one attached hydrogen (secondary N) is 1. The van der Waals surface area contributed by atoms with Gasteiger partial charge in [0.1, 0.15) is 5.25 Å². The van der Waals surface area contributed by atoms with E-state index in [1.807, 2.05) is 48.1 Å². The van der Waals surface area contributed by atoms with Crippen molar-refractivity contribution >= 4 is 23.6 Å². The van der Waals surface area contributed by atoms with Gasteiger partial charge in [0.15, 0.2) is 0 Å². The molecule has 1 N–H and O–H groups in total. The molecular formula is C28H33N3O3S. The number of hydrogen-bond acceptors (Lipinski definition) is 5. The third kappa shape index (κ3) is 5.96. The Hall–Kier alpha value is -3.06. The molecule has 35 heavy (non-hydrogen) atoms. The summed E-state index contributed by atoms with van der Waals surface area (Å²) < 4.78 is 6.94. The fourth-order valence-corrected chi connectivity index (χ4v) is 5.43. The van der Waals surface area contributed by atoms with Crippen LogP contribution in [0, 0.1) is 6.92 Å². The maximum absolute atomic E-state index is 12.6. The molecule has 3 aromatic rings. The minimum absolute atomic E-state index is 0.0990. The third-order valence-corrected chi connectivity index (χ3v) is 7.77. The van der Waals surface area contributed by atoms with E-state index in [0.717, 1.165) is 41.8 Å². The molecule has 4 rings (SSSR count). The van der Waals surface area contributed by atoms with E-state index in [2.05, 4.69) is 42.5 Å². The van der Waals surface area contributed by atoms with Gasteiger partial charge in [0.2, 0.25) is 0 Å². The lowest BCUT2D eigenvalue weighted by atomic mass is 9.90. The highest BCUT2D eigenvalue weighted by Gasteiger charge is 2.26. The first kappa shape index (κ1) is 25.0. The van der Waals surface area contributed by atoms with E-state index >= 15 is 0 Å². The molecule has 184 valence electrons. The molecule has 1 unspecified atom stereocenters. The number of carbonyl (C=O) groups excluding carboxylic acids is 2. The van der Waals surface area contributed by atoms with Crippen LogP contribution in [0.15, 0.2) is 54.7 Å². The molecule has 1 amide bonds. The monoisotopic (exact) mass is 491 g/mol. The van der Waals surface area contributed by atoms with Gasteiger partial charge in [0, 0.05) is 30.5 Å². The van der Waals surface area contributed by atoms with Gasteiger partial charge in [0.05, 0.1) is 18.0 Å². The Kier molecular flexibility index (Phi) is 8.29. The van der Waals surface area contributed by atoms with Crippen molar-refractivity contribution in [3.63, 3.8) is 0 Å². The molecule has 0 saturated carbocycles. The van der Waals surface area contributed by atoms with Crippen LogP contribution >= 0.6 is 11.8 Å². The zero-order valence-corrected chi connectivity index (χ0v) is 21.4. The summed E-state index contributed by atoms with van der Waals surface area (Å²) in [6.45, 7) is 7.47. The van der Waals surface area contributed by atoms with Crippen molar-refractivity contribution in [2.24, 2.45) is 0 Å². The van der Waals surface area contributed by atoms with Crippen LogP contribution in [0.5, 0.6) is 0 Å². The molecule has 0 aliphatic carbocycles. The predicted octanol–water partition coefficient (Wildman–Crippen LogP) is 5.53. The highest BCUT2D eigenvalue weighted by atomic mass is 32.2. The van der Waals surface area contributed by atoms with Crippen molar-refractivity contribution in [3.05, 3.63) is 71.5 Å². The number of amides is 1. The van der Waals surface area contributed by atoms with Crippen molar-refractivity contribution in [2.75, 3.05) is 18.9 Å². The summed E-state index contributed by atoms with van der Waals surface area (Å²) in [6, 6.07) is 16.3. The number of rotatable bonds is 10. The Bertz CT molecular complexity index is 1170. The minimum atomic E-state index is -0.143. The standard InChI is InChI=1S/C28H33N3O3S/c1-4-20(5-2)24-11-10-23(18-25(24)31-15-12-19(3)30-31)21-6-8-22(9-7-21)27(32)29-14-17-35-26-13-16-34-28(26)33/h6-12,15,18,20,26H,4-5,13-14,16-17H2,1-3H3,(H,29,32). The number of hydrogen-bond donors (Lipinski definition) is 1. The number of nitrogens with zero attached hydrogens (tertiary/aromatic N) is 2. The van der Waals surface area contributed by atoms with Crippen LogP contribution < -0.4 is 5.32 Å². The van der Waals surface area contributed by atoms with Crippen molar-refractivity contribution in [2.45, 2.75) is 51.2 Å². The minimum Gasteiger partial charge on any atom is -0.465 e. The molecule has 2 aromatic carbocycles. The Labute approximate surface area is 211 Å². The number of aromatic nitrogens is 2. The average molecular weight is 492 g/mol. The first-order valence-corrected chi connectivity index (χ1v) is 13.4. The topological polar surface area (TPSA) is 73.2 Å². The fraction of sp³-hybridized carbons (Fsp3) is 0.393. The third-order valence-electron chi connectivity index (χ3n) is 6.50. The second-order valence-corrected chi connectivity index (χ2v) is 10.1. The molecule has 0 radical (unpaired) electrons. The maximum atomic E-state index is 12.6. The van der Waals surface area contributed by atoms with Crippen LogP contribution in [0.1, 0.15) is 60.6 Å². The number of thioether (sulfide) groups is 1. The van der Waals surface area contributed by atoms with Gasteiger partial charge < -0.3 is 10.1 Å². The normalized spacial score (nSPS) is 15.4. The molecule has 1 fully saturated rings. The Morgan fingerprint density at radius 1 is 1.14 bits per heavy atom. The smallest absolute Gasteiger partial charge is 0.319 e. The predicted molar refractivity (Wildman–Crippen MR) is 141 cm³/mol. The fourth-order valence-electron chi connectivity index (χ4n) is 4.46. The van der Waals surface area contributed by atoms with Gasteiger partial charge in [0.25, 0.3) is 5.91 Å². The lowest BCUT2D eigenvalue weighted by molar-refractivity contribution is -0.137. The van der Waals surface area contributed by atoms with Crippen molar-refractivity contribution in [3.8, 4) is 16.8 Å². The molecule has 1 aliphatic heterocycles. The number of cyclic esters (lactones) is 1. The van der Waals surface area contributed by atoms with E-state index in [9.17, 15) is 9.59 Å². The molecule has 2 heterocycles. The number of carbonyl (C=O) groups is 2. The Morgan fingerprint density at radius 3 is 2.51 bits per heavy atom. The highest BCUT2D eigenvalue weighted by Crippen LogP contribution is 2.32. The summed E-state index contributed by atoms with van der Waals surface area (Å²) in [4.78, 5) is 24.1. The van der Waals surface area contributed by atoms with E-state index in [4.69, 9.17) is 4.74 Å². The lowest BCUT2D eigenvalue weighted by Crippen LogP contribution is -2.26. The summed E-state index contributed by atoms with van der Waals surface area (Å²) >= 11 is 1.54. The molecule has 1 saturated heterocycles.